The molecule has 0 unspecified atom stereocenters. The Bertz CT molecular complexity index is 191. The lowest BCUT2D eigenvalue weighted by Gasteiger charge is -2.20. The molecule has 1 amide bonds. The first-order valence-corrected chi connectivity index (χ1v) is 4.04. The molecular weight excluding hydrogens is 182 g/mol. The van der Waals surface area contributed by atoms with Crippen LogP contribution in [-0.2, 0) is 9.59 Å². The van der Waals surface area contributed by atoms with Crippen LogP contribution in [0.1, 0.15) is 20.3 Å². The van der Waals surface area contributed by atoms with Crippen molar-refractivity contribution in [1.29, 1.82) is 0 Å². The Hall–Kier alpha value is -0.770. The third kappa shape index (κ3) is 3.57. The number of carboxylic acids is 1. The fraction of sp³-hybridized carbons (Fsp3) is 0.714. The molecule has 0 fully saturated rings. The number of alkyl halides is 1. The minimum Gasteiger partial charge on any atom is -0.480 e. The molecule has 0 saturated heterocycles. The predicted molar refractivity (Wildman–Crippen MR) is 45.2 cm³/mol. The van der Waals surface area contributed by atoms with Crippen molar-refractivity contribution in [1.82, 2.24) is 5.32 Å². The summed E-state index contributed by atoms with van der Waals surface area (Å²) in [5.41, 5.74) is -1.22. The van der Waals surface area contributed by atoms with Gasteiger partial charge in [-0.05, 0) is 13.8 Å². The van der Waals surface area contributed by atoms with E-state index in [9.17, 15) is 9.59 Å². The number of carbonyl (C=O) groups is 2. The number of hydrogen-bond acceptors (Lipinski definition) is 2. The normalized spacial score (nSPS) is 10.9. The Morgan fingerprint density at radius 3 is 2.33 bits per heavy atom. The maximum atomic E-state index is 10.9. The molecule has 12 heavy (non-hydrogen) atoms. The second-order valence-electron chi connectivity index (χ2n) is 2.92. The Morgan fingerprint density at radius 1 is 1.50 bits per heavy atom. The van der Waals surface area contributed by atoms with Crippen LogP contribution in [0.3, 0.4) is 0 Å². The van der Waals surface area contributed by atoms with Crippen molar-refractivity contribution in [3.63, 3.8) is 0 Å². The van der Waals surface area contributed by atoms with Gasteiger partial charge in [-0.2, -0.15) is 0 Å². The molecule has 0 heterocycles. The Morgan fingerprint density at radius 2 is 2.00 bits per heavy atom. The monoisotopic (exact) mass is 193 g/mol. The highest BCUT2D eigenvalue weighted by atomic mass is 35.5. The van der Waals surface area contributed by atoms with Crippen molar-refractivity contribution in [3.8, 4) is 0 Å². The maximum absolute atomic E-state index is 10.9. The van der Waals surface area contributed by atoms with E-state index in [-0.39, 0.29) is 18.2 Å². The Kier molecular flexibility index (Phi) is 4.03. The molecule has 70 valence electrons. The molecule has 0 rings (SSSR count). The highest BCUT2D eigenvalue weighted by molar-refractivity contribution is 6.19. The van der Waals surface area contributed by atoms with Gasteiger partial charge in [0.2, 0.25) is 5.91 Å². The van der Waals surface area contributed by atoms with Crippen molar-refractivity contribution in [3.05, 3.63) is 0 Å². The number of carboxylic acid groups (broad SMARTS) is 1. The molecule has 0 aromatic rings. The van der Waals surface area contributed by atoms with Gasteiger partial charge in [-0.1, -0.05) is 0 Å². The Balaban J connectivity index is 4.06. The van der Waals surface area contributed by atoms with Crippen molar-refractivity contribution >= 4 is 23.5 Å². The van der Waals surface area contributed by atoms with Gasteiger partial charge in [0.25, 0.3) is 0 Å². The summed E-state index contributed by atoms with van der Waals surface area (Å²) in [4.78, 5) is 21.4. The molecule has 0 saturated carbocycles. The zero-order valence-electron chi connectivity index (χ0n) is 7.06. The summed E-state index contributed by atoms with van der Waals surface area (Å²) in [6, 6.07) is 0. The molecule has 0 aliphatic rings. The van der Waals surface area contributed by atoms with Crippen LogP contribution in [0.5, 0.6) is 0 Å². The fourth-order valence-electron chi connectivity index (χ4n) is 0.550. The summed E-state index contributed by atoms with van der Waals surface area (Å²) in [5.74, 6) is -1.22. The van der Waals surface area contributed by atoms with E-state index in [1.807, 2.05) is 0 Å². The van der Waals surface area contributed by atoms with Crippen LogP contribution in [0, 0.1) is 0 Å². The molecule has 0 spiro atoms. The number of hydrogen-bond donors (Lipinski definition) is 2. The maximum Gasteiger partial charge on any atom is 0.328 e. The quantitative estimate of drug-likeness (QED) is 0.643. The number of aliphatic carboxylic acids is 1. The van der Waals surface area contributed by atoms with Crippen LogP contribution in [0.15, 0.2) is 0 Å². The first-order valence-electron chi connectivity index (χ1n) is 3.50. The minimum absolute atomic E-state index is 0.137. The third-order valence-electron chi connectivity index (χ3n) is 1.31. The zero-order valence-corrected chi connectivity index (χ0v) is 7.81. The first-order chi connectivity index (χ1) is 5.40. The third-order valence-corrected chi connectivity index (χ3v) is 1.50. The van der Waals surface area contributed by atoms with E-state index in [0.29, 0.717) is 0 Å². The highest BCUT2D eigenvalue weighted by Gasteiger charge is 2.28. The zero-order chi connectivity index (χ0) is 9.78. The van der Waals surface area contributed by atoms with Gasteiger partial charge >= 0.3 is 5.97 Å². The molecule has 5 heteroatoms. The number of amides is 1. The van der Waals surface area contributed by atoms with Crippen LogP contribution in [0.2, 0.25) is 0 Å². The van der Waals surface area contributed by atoms with Gasteiger partial charge in [0, 0.05) is 12.3 Å². The van der Waals surface area contributed by atoms with Gasteiger partial charge < -0.3 is 10.4 Å². The molecular formula is C7H12ClNO3. The van der Waals surface area contributed by atoms with Crippen LogP contribution in [0.4, 0.5) is 0 Å². The van der Waals surface area contributed by atoms with E-state index >= 15 is 0 Å². The van der Waals surface area contributed by atoms with Crippen molar-refractivity contribution < 1.29 is 14.7 Å². The topological polar surface area (TPSA) is 66.4 Å². The first kappa shape index (κ1) is 11.2. The highest BCUT2D eigenvalue weighted by Crippen LogP contribution is 2.02. The van der Waals surface area contributed by atoms with Crippen molar-refractivity contribution in [2.45, 2.75) is 25.8 Å². The van der Waals surface area contributed by atoms with Gasteiger partial charge in [-0.25, -0.2) is 4.79 Å². The number of halogens is 1. The minimum atomic E-state index is -1.22. The van der Waals surface area contributed by atoms with Gasteiger partial charge in [-0.15, -0.1) is 11.6 Å². The second-order valence-corrected chi connectivity index (χ2v) is 3.30. The Labute approximate surface area is 75.9 Å². The summed E-state index contributed by atoms with van der Waals surface area (Å²) < 4.78 is 0. The van der Waals surface area contributed by atoms with Crippen LogP contribution < -0.4 is 5.32 Å². The van der Waals surface area contributed by atoms with Gasteiger partial charge in [0.15, 0.2) is 0 Å². The lowest BCUT2D eigenvalue weighted by molar-refractivity contribution is -0.145. The van der Waals surface area contributed by atoms with Gasteiger partial charge in [-0.3, -0.25) is 4.79 Å². The summed E-state index contributed by atoms with van der Waals surface area (Å²) in [7, 11) is 0. The van der Waals surface area contributed by atoms with E-state index in [1.54, 1.807) is 0 Å². The summed E-state index contributed by atoms with van der Waals surface area (Å²) >= 11 is 5.30. The molecule has 0 aliphatic heterocycles. The summed E-state index contributed by atoms with van der Waals surface area (Å²) in [6.07, 6.45) is 0.137. The van der Waals surface area contributed by atoms with Crippen LogP contribution in [0.25, 0.3) is 0 Å². The number of rotatable bonds is 4. The van der Waals surface area contributed by atoms with E-state index < -0.39 is 11.5 Å². The average molecular weight is 194 g/mol. The largest absolute Gasteiger partial charge is 0.480 e. The number of carbonyl (C=O) groups excluding carboxylic acids is 1. The molecule has 0 aromatic carbocycles. The van der Waals surface area contributed by atoms with E-state index in [1.165, 1.54) is 13.8 Å². The summed E-state index contributed by atoms with van der Waals surface area (Å²) in [5, 5.41) is 10.9. The summed E-state index contributed by atoms with van der Waals surface area (Å²) in [6.45, 7) is 2.84. The molecule has 0 aliphatic carbocycles. The molecule has 4 nitrogen and oxygen atoms in total. The number of nitrogens with one attached hydrogen (secondary N) is 1. The van der Waals surface area contributed by atoms with Crippen molar-refractivity contribution in [2.24, 2.45) is 0 Å². The molecule has 0 atom stereocenters. The molecule has 0 bridgehead atoms. The molecule has 0 radical (unpaired) electrons. The SMILES string of the molecule is CC(C)(NC(=O)CCCl)C(=O)O. The molecule has 0 aromatic heterocycles. The van der Waals surface area contributed by atoms with Crippen molar-refractivity contribution in [2.75, 3.05) is 5.88 Å². The molecule has 2 N–H and O–H groups in total. The fourth-order valence-corrected chi connectivity index (χ4v) is 0.722. The van der Waals surface area contributed by atoms with Crippen LogP contribution in [-0.4, -0.2) is 28.4 Å². The smallest absolute Gasteiger partial charge is 0.328 e. The van der Waals surface area contributed by atoms with E-state index in [4.69, 9.17) is 16.7 Å². The van der Waals surface area contributed by atoms with Gasteiger partial charge in [0.05, 0.1) is 0 Å². The second kappa shape index (κ2) is 4.30. The van der Waals surface area contributed by atoms with Crippen LogP contribution >= 0.6 is 11.6 Å². The predicted octanol–water partition coefficient (Wildman–Crippen LogP) is 0.595. The van der Waals surface area contributed by atoms with Gasteiger partial charge in [0.1, 0.15) is 5.54 Å². The van der Waals surface area contributed by atoms with E-state index in [0.717, 1.165) is 0 Å². The van der Waals surface area contributed by atoms with E-state index in [2.05, 4.69) is 5.32 Å². The average Bonchev–Trinajstić information content (AvgIpc) is 1.85. The standard InChI is InChI=1S/C7H12ClNO3/c1-7(2,6(11)12)9-5(10)3-4-8/h3-4H2,1-2H3,(H,9,10)(H,11,12). The lowest BCUT2D eigenvalue weighted by atomic mass is 10.1. The lowest BCUT2D eigenvalue weighted by Crippen LogP contribution is -2.49.